The zero-order valence-corrected chi connectivity index (χ0v) is 15.7. The van der Waals surface area contributed by atoms with Crippen LogP contribution in [0.25, 0.3) is 0 Å². The predicted octanol–water partition coefficient (Wildman–Crippen LogP) is 3.71. The summed E-state index contributed by atoms with van der Waals surface area (Å²) >= 11 is 0. The Morgan fingerprint density at radius 1 is 1.08 bits per heavy atom. The van der Waals surface area contributed by atoms with E-state index in [1.54, 1.807) is 0 Å². The Balaban J connectivity index is 1.60. The number of hydrogen-bond donors (Lipinski definition) is 0. The van der Waals surface area contributed by atoms with Crippen molar-refractivity contribution in [2.75, 3.05) is 0 Å². The summed E-state index contributed by atoms with van der Waals surface area (Å²) in [6.45, 7) is 5.95. The number of hydrogen-bond acceptors (Lipinski definition) is 4. The minimum Gasteiger partial charge on any atom is -0.463 e. The summed E-state index contributed by atoms with van der Waals surface area (Å²) in [5.41, 5.74) is -0.100. The number of rotatable bonds is 1. The van der Waals surface area contributed by atoms with E-state index in [1.807, 2.05) is 0 Å². The molecule has 0 aliphatic heterocycles. The molecule has 0 radical (unpaired) electrons. The number of Topliss-reactive ketones (excluding diaryl/α,β-unsaturated/α-hetero) is 2. The molecule has 0 heterocycles. The van der Waals surface area contributed by atoms with Crippen LogP contribution in [0, 0.1) is 34.5 Å². The van der Waals surface area contributed by atoms with Crippen LogP contribution >= 0.6 is 0 Å². The molecule has 0 N–H and O–H groups in total. The lowest BCUT2D eigenvalue weighted by Crippen LogP contribution is -2.57. The van der Waals surface area contributed by atoms with Crippen LogP contribution in [0.2, 0.25) is 0 Å². The molecule has 138 valence electrons. The van der Waals surface area contributed by atoms with Crippen molar-refractivity contribution in [3.8, 4) is 0 Å². The minimum absolute atomic E-state index is 0.0261. The number of fused-ring (bicyclic) bond motifs is 5. The normalized spacial score (nSPS) is 49.2. The van der Waals surface area contributed by atoms with Gasteiger partial charge in [-0.15, -0.1) is 0 Å². The van der Waals surface area contributed by atoms with Gasteiger partial charge >= 0.3 is 5.97 Å². The molecular weight excluding hydrogens is 316 g/mol. The maximum absolute atomic E-state index is 13.1. The molecule has 0 aromatic heterocycles. The topological polar surface area (TPSA) is 60.4 Å². The van der Waals surface area contributed by atoms with Crippen LogP contribution in [0.3, 0.4) is 0 Å². The summed E-state index contributed by atoms with van der Waals surface area (Å²) in [6.07, 6.45) is 6.85. The van der Waals surface area contributed by atoms with Gasteiger partial charge in [0.1, 0.15) is 17.7 Å². The summed E-state index contributed by atoms with van der Waals surface area (Å²) in [5.74, 6) is 1.61. The Morgan fingerprint density at radius 2 is 1.84 bits per heavy atom. The molecule has 4 saturated carbocycles. The summed E-state index contributed by atoms with van der Waals surface area (Å²) in [4.78, 5) is 36.9. The number of ketones is 2. The van der Waals surface area contributed by atoms with Crippen LogP contribution in [0.1, 0.15) is 72.1 Å². The third kappa shape index (κ3) is 2.43. The average molecular weight is 346 g/mol. The van der Waals surface area contributed by atoms with Crippen LogP contribution in [0.4, 0.5) is 0 Å². The Bertz CT molecular complexity index is 625. The van der Waals surface area contributed by atoms with E-state index in [-0.39, 0.29) is 34.7 Å². The number of ether oxygens (including phenoxy) is 1. The first-order valence-electron chi connectivity index (χ1n) is 9.99. The molecule has 0 aromatic rings. The molecule has 2 unspecified atom stereocenters. The third-order valence-electron chi connectivity index (χ3n) is 8.46. The molecule has 0 aromatic carbocycles. The van der Waals surface area contributed by atoms with Crippen LogP contribution < -0.4 is 0 Å². The van der Waals surface area contributed by atoms with Gasteiger partial charge in [0, 0.05) is 31.1 Å². The fourth-order valence-corrected chi connectivity index (χ4v) is 7.01. The molecule has 4 aliphatic carbocycles. The van der Waals surface area contributed by atoms with Gasteiger partial charge in [-0.1, -0.05) is 13.8 Å². The Morgan fingerprint density at radius 3 is 2.56 bits per heavy atom. The van der Waals surface area contributed by atoms with Crippen molar-refractivity contribution in [1.82, 2.24) is 0 Å². The monoisotopic (exact) mass is 346 g/mol. The van der Waals surface area contributed by atoms with E-state index < -0.39 is 0 Å². The van der Waals surface area contributed by atoms with Crippen LogP contribution in [0.15, 0.2) is 0 Å². The number of carbonyl (C=O) groups is 3. The van der Waals surface area contributed by atoms with Gasteiger partial charge in [0.15, 0.2) is 0 Å². The first kappa shape index (κ1) is 17.2. The summed E-state index contributed by atoms with van der Waals surface area (Å²) in [5, 5.41) is 0. The van der Waals surface area contributed by atoms with E-state index in [0.29, 0.717) is 36.2 Å². The van der Waals surface area contributed by atoms with Gasteiger partial charge in [0.05, 0.1) is 0 Å². The van der Waals surface area contributed by atoms with Gasteiger partial charge < -0.3 is 4.74 Å². The second kappa shape index (κ2) is 5.65. The van der Waals surface area contributed by atoms with Crippen LogP contribution in [0.5, 0.6) is 0 Å². The van der Waals surface area contributed by atoms with E-state index in [9.17, 15) is 14.4 Å². The van der Waals surface area contributed by atoms with Crippen molar-refractivity contribution in [3.05, 3.63) is 0 Å². The van der Waals surface area contributed by atoms with E-state index in [4.69, 9.17) is 4.74 Å². The molecule has 0 spiro atoms. The van der Waals surface area contributed by atoms with Crippen LogP contribution in [-0.4, -0.2) is 23.6 Å². The van der Waals surface area contributed by atoms with E-state index in [0.717, 1.165) is 38.5 Å². The zero-order chi connectivity index (χ0) is 18.0. The molecule has 4 nitrogen and oxygen atoms in total. The molecule has 4 aliphatic rings. The van der Waals surface area contributed by atoms with Crippen molar-refractivity contribution in [1.29, 1.82) is 0 Å². The number of carbonyl (C=O) groups excluding carboxylic acids is 3. The second-order valence-electron chi connectivity index (χ2n) is 9.54. The molecular formula is C21H30O4. The summed E-state index contributed by atoms with van der Waals surface area (Å²) < 4.78 is 5.46. The molecule has 0 saturated heterocycles. The highest BCUT2D eigenvalue weighted by atomic mass is 16.5. The highest BCUT2D eigenvalue weighted by molar-refractivity contribution is 5.90. The van der Waals surface area contributed by atoms with Gasteiger partial charge in [0.25, 0.3) is 0 Å². The smallest absolute Gasteiger partial charge is 0.302 e. The Labute approximate surface area is 150 Å². The summed E-state index contributed by atoms with van der Waals surface area (Å²) in [7, 11) is 0. The van der Waals surface area contributed by atoms with Gasteiger partial charge in [-0.2, -0.15) is 0 Å². The SMILES string of the molecule is CC(=O)OC1CC[C@@]2(C)C(CC(=O)[C@@H]3[C@H]2CC[C@]2(C)C(=O)CC[C@@H]32)C1. The lowest BCUT2D eigenvalue weighted by atomic mass is 9.45. The van der Waals surface area contributed by atoms with Crippen molar-refractivity contribution in [3.63, 3.8) is 0 Å². The van der Waals surface area contributed by atoms with Gasteiger partial charge in [-0.05, 0) is 61.7 Å². The quantitative estimate of drug-likeness (QED) is 0.679. The highest BCUT2D eigenvalue weighted by Crippen LogP contribution is 2.64. The third-order valence-corrected chi connectivity index (χ3v) is 8.46. The Kier molecular flexibility index (Phi) is 3.90. The lowest BCUT2D eigenvalue weighted by molar-refractivity contribution is -0.166. The highest BCUT2D eigenvalue weighted by Gasteiger charge is 2.62. The van der Waals surface area contributed by atoms with E-state index >= 15 is 0 Å². The molecule has 0 bridgehead atoms. The molecule has 4 rings (SSSR count). The fourth-order valence-electron chi connectivity index (χ4n) is 7.01. The van der Waals surface area contributed by atoms with E-state index in [1.165, 1.54) is 6.92 Å². The molecule has 25 heavy (non-hydrogen) atoms. The maximum Gasteiger partial charge on any atom is 0.302 e. The van der Waals surface area contributed by atoms with Crippen molar-refractivity contribution in [2.45, 2.75) is 78.2 Å². The fraction of sp³-hybridized carbons (Fsp3) is 0.857. The molecule has 7 atom stereocenters. The van der Waals surface area contributed by atoms with Crippen molar-refractivity contribution >= 4 is 17.5 Å². The van der Waals surface area contributed by atoms with Crippen molar-refractivity contribution in [2.24, 2.45) is 34.5 Å². The van der Waals surface area contributed by atoms with Gasteiger partial charge in [-0.3, -0.25) is 14.4 Å². The summed E-state index contributed by atoms with van der Waals surface area (Å²) in [6, 6.07) is 0. The maximum atomic E-state index is 13.1. The Hall–Kier alpha value is -1.19. The standard InChI is InChI=1S/C21H30O4/c1-12(22)25-14-6-8-20(2)13(10-14)11-17(23)19-15-4-5-18(24)21(15,3)9-7-16(19)20/h13-16,19H,4-11H2,1-3H3/t13?,14?,15-,16+,19-,20-,21-/m0/s1. The zero-order valence-electron chi connectivity index (χ0n) is 15.7. The van der Waals surface area contributed by atoms with Crippen LogP contribution in [-0.2, 0) is 19.1 Å². The largest absolute Gasteiger partial charge is 0.463 e. The number of esters is 1. The first-order valence-corrected chi connectivity index (χ1v) is 9.99. The second-order valence-corrected chi connectivity index (χ2v) is 9.54. The first-order chi connectivity index (χ1) is 11.8. The average Bonchev–Trinajstić information content (AvgIpc) is 2.84. The van der Waals surface area contributed by atoms with Gasteiger partial charge in [-0.25, -0.2) is 0 Å². The van der Waals surface area contributed by atoms with Crippen molar-refractivity contribution < 1.29 is 19.1 Å². The molecule has 0 amide bonds. The lowest BCUT2D eigenvalue weighted by Gasteiger charge is -2.59. The molecule has 4 heteroatoms. The molecule has 4 fully saturated rings. The minimum atomic E-state index is -0.255. The van der Waals surface area contributed by atoms with E-state index in [2.05, 4.69) is 13.8 Å². The predicted molar refractivity (Wildman–Crippen MR) is 92.7 cm³/mol. The van der Waals surface area contributed by atoms with Gasteiger partial charge in [0.2, 0.25) is 0 Å².